The fraction of sp³-hybridized carbons (Fsp3) is 0.154. The van der Waals surface area contributed by atoms with Crippen LogP contribution < -0.4 is 10.1 Å². The van der Waals surface area contributed by atoms with Gasteiger partial charge in [-0.2, -0.15) is 22.2 Å². The molecule has 0 atom stereocenters. The predicted octanol–water partition coefficient (Wildman–Crippen LogP) is 2.58. The van der Waals surface area contributed by atoms with E-state index in [1.165, 1.54) is 19.1 Å². The number of halogens is 2. The highest BCUT2D eigenvalue weighted by molar-refractivity contribution is 7.62. The van der Waals surface area contributed by atoms with Gasteiger partial charge in [0.1, 0.15) is 0 Å². The first-order chi connectivity index (χ1) is 12.7. The van der Waals surface area contributed by atoms with Crippen molar-refractivity contribution in [3.63, 3.8) is 0 Å². The van der Waals surface area contributed by atoms with Crippen molar-refractivity contribution in [2.75, 3.05) is 5.32 Å². The number of alkyl halides is 2. The summed E-state index contributed by atoms with van der Waals surface area (Å²) in [6.07, 6.45) is 0. The SMILES string of the molecule is Cc1cc(OC(F)F)nc(NC(=O)N=S(=O)=O)n1.O=[N+]([O-])c1ccccc1. The average molecular weight is 403 g/mol. The molecule has 0 spiro atoms. The number of nitro benzene ring substituents is 1. The summed E-state index contributed by atoms with van der Waals surface area (Å²) in [5.41, 5.74) is 0.372. The summed E-state index contributed by atoms with van der Waals surface area (Å²) in [7, 11) is -2.93. The highest BCUT2D eigenvalue weighted by atomic mass is 32.2. The van der Waals surface area contributed by atoms with Crippen molar-refractivity contribution in [3.05, 3.63) is 52.2 Å². The molecule has 27 heavy (non-hydrogen) atoms. The highest BCUT2D eigenvalue weighted by Crippen LogP contribution is 2.14. The van der Waals surface area contributed by atoms with Gasteiger partial charge in [0.25, 0.3) is 5.69 Å². The maximum atomic E-state index is 11.9. The molecule has 14 heteroatoms. The number of hydrogen-bond acceptors (Lipinski definition) is 8. The van der Waals surface area contributed by atoms with Crippen molar-refractivity contribution in [2.24, 2.45) is 4.36 Å². The number of amides is 2. The minimum atomic E-state index is -3.08. The fourth-order valence-corrected chi connectivity index (χ4v) is 1.66. The lowest BCUT2D eigenvalue weighted by Gasteiger charge is -2.06. The second kappa shape index (κ2) is 10.4. The Labute approximate surface area is 151 Å². The number of nitrogens with one attached hydrogen (secondary N) is 1. The third-order valence-corrected chi connectivity index (χ3v) is 2.70. The van der Waals surface area contributed by atoms with E-state index < -0.39 is 39.9 Å². The molecule has 1 aromatic carbocycles. The summed E-state index contributed by atoms with van der Waals surface area (Å²) in [4.78, 5) is 27.6. The van der Waals surface area contributed by atoms with Gasteiger partial charge in [-0.3, -0.25) is 15.4 Å². The molecule has 0 bridgehead atoms. The van der Waals surface area contributed by atoms with Crippen LogP contribution in [0.4, 0.5) is 25.2 Å². The van der Waals surface area contributed by atoms with Crippen LogP contribution in [0.1, 0.15) is 5.69 Å². The van der Waals surface area contributed by atoms with E-state index in [4.69, 9.17) is 0 Å². The standard InChI is InChI=1S/C7H6F2N4O4S.C6H5NO2/c1-3-2-4(17-5(8)9)11-6(10-3)12-7(14)13-18(15)16;8-7(9)6-4-2-1-3-5-6/h2,5H,1H3,(H,10,11,12,14);1-5H. The number of ether oxygens (including phenoxy) is 1. The quantitative estimate of drug-likeness (QED) is 0.603. The van der Waals surface area contributed by atoms with Crippen molar-refractivity contribution in [2.45, 2.75) is 13.5 Å². The van der Waals surface area contributed by atoms with Crippen LogP contribution in [-0.2, 0) is 10.5 Å². The summed E-state index contributed by atoms with van der Waals surface area (Å²) in [5, 5.41) is 11.9. The topological polar surface area (TPSA) is 154 Å². The number of urea groups is 1. The number of nitro groups is 1. The number of non-ortho nitro benzene ring substituents is 1. The first-order valence-corrected chi connectivity index (χ1v) is 7.82. The number of anilines is 1. The molecule has 0 fully saturated rings. The van der Waals surface area contributed by atoms with Crippen LogP contribution in [0.3, 0.4) is 0 Å². The molecule has 144 valence electrons. The van der Waals surface area contributed by atoms with Gasteiger partial charge in [-0.05, 0) is 6.92 Å². The zero-order valence-electron chi connectivity index (χ0n) is 13.4. The van der Waals surface area contributed by atoms with E-state index in [0.717, 1.165) is 6.07 Å². The van der Waals surface area contributed by atoms with Gasteiger partial charge in [0.2, 0.25) is 11.8 Å². The van der Waals surface area contributed by atoms with Gasteiger partial charge in [-0.1, -0.05) is 22.6 Å². The molecule has 0 aliphatic heterocycles. The van der Waals surface area contributed by atoms with E-state index in [9.17, 15) is 32.1 Å². The van der Waals surface area contributed by atoms with E-state index in [0.29, 0.717) is 0 Å². The van der Waals surface area contributed by atoms with E-state index in [1.807, 2.05) is 5.32 Å². The maximum Gasteiger partial charge on any atom is 0.388 e. The molecule has 2 rings (SSSR count). The van der Waals surface area contributed by atoms with Gasteiger partial charge in [-0.15, -0.1) is 0 Å². The Morgan fingerprint density at radius 3 is 2.41 bits per heavy atom. The van der Waals surface area contributed by atoms with Gasteiger partial charge >= 0.3 is 23.1 Å². The Morgan fingerprint density at radius 1 is 1.30 bits per heavy atom. The first kappa shape index (κ1) is 21.5. The smallest absolute Gasteiger partial charge is 0.388 e. The molecule has 0 saturated carbocycles. The molecule has 0 saturated heterocycles. The van der Waals surface area contributed by atoms with Crippen LogP contribution in [0, 0.1) is 17.0 Å². The molecule has 0 radical (unpaired) electrons. The molecule has 1 heterocycles. The minimum absolute atomic E-state index is 0.137. The summed E-state index contributed by atoms with van der Waals surface area (Å²) in [6.45, 7) is -1.64. The van der Waals surface area contributed by atoms with Crippen LogP contribution in [0.2, 0.25) is 0 Å². The lowest BCUT2D eigenvalue weighted by molar-refractivity contribution is -0.384. The number of nitrogens with zero attached hydrogens (tertiary/aromatic N) is 4. The molecular weight excluding hydrogens is 392 g/mol. The monoisotopic (exact) mass is 403 g/mol. The zero-order chi connectivity index (χ0) is 20.4. The molecule has 2 aromatic rings. The van der Waals surface area contributed by atoms with Gasteiger partial charge in [0.05, 0.1) is 4.92 Å². The number of para-hydroxylation sites is 1. The summed E-state index contributed by atoms with van der Waals surface area (Å²) in [6, 6.07) is 7.80. The zero-order valence-corrected chi connectivity index (χ0v) is 14.3. The number of hydrogen-bond donors (Lipinski definition) is 1. The first-order valence-electron chi connectivity index (χ1n) is 6.79. The highest BCUT2D eigenvalue weighted by Gasteiger charge is 2.10. The Morgan fingerprint density at radius 2 is 1.93 bits per heavy atom. The molecule has 0 unspecified atom stereocenters. The average Bonchev–Trinajstić information content (AvgIpc) is 2.54. The number of carbonyl (C=O) groups is 1. The predicted molar refractivity (Wildman–Crippen MR) is 86.9 cm³/mol. The number of benzene rings is 1. The lowest BCUT2D eigenvalue weighted by Crippen LogP contribution is -2.11. The lowest BCUT2D eigenvalue weighted by atomic mass is 10.3. The van der Waals surface area contributed by atoms with Crippen molar-refractivity contribution in [3.8, 4) is 5.88 Å². The number of carbonyl (C=O) groups excluding carboxylic acids is 1. The van der Waals surface area contributed by atoms with Crippen molar-refractivity contribution in [1.82, 2.24) is 9.97 Å². The van der Waals surface area contributed by atoms with E-state index in [2.05, 4.69) is 19.1 Å². The Balaban J connectivity index is 0.000000337. The third kappa shape index (κ3) is 8.92. The van der Waals surface area contributed by atoms with E-state index >= 15 is 0 Å². The normalized spacial score (nSPS) is 9.63. The van der Waals surface area contributed by atoms with Crippen molar-refractivity contribution < 1.29 is 31.7 Å². The van der Waals surface area contributed by atoms with Crippen molar-refractivity contribution >= 4 is 28.2 Å². The minimum Gasteiger partial charge on any atom is -0.417 e. The van der Waals surface area contributed by atoms with Gasteiger partial charge in [0, 0.05) is 23.9 Å². The maximum absolute atomic E-state index is 11.9. The second-order valence-corrected chi connectivity index (χ2v) is 5.00. The molecule has 1 N–H and O–H groups in total. The summed E-state index contributed by atoms with van der Waals surface area (Å²) < 4.78 is 50.7. The molecule has 11 nitrogen and oxygen atoms in total. The number of rotatable bonds is 4. The molecule has 0 aliphatic carbocycles. The van der Waals surface area contributed by atoms with Gasteiger partial charge in [0.15, 0.2) is 0 Å². The molecule has 0 aliphatic rings. The molecule has 1 aromatic heterocycles. The van der Waals surface area contributed by atoms with Crippen LogP contribution in [0.15, 0.2) is 40.8 Å². The Hall–Kier alpha value is -3.55. The Bertz CT molecular complexity index is 931. The van der Waals surface area contributed by atoms with Crippen LogP contribution in [-0.4, -0.2) is 36.0 Å². The van der Waals surface area contributed by atoms with Gasteiger partial charge in [-0.25, -0.2) is 9.78 Å². The van der Waals surface area contributed by atoms with Gasteiger partial charge < -0.3 is 4.74 Å². The van der Waals surface area contributed by atoms with Crippen LogP contribution in [0.5, 0.6) is 5.88 Å². The number of aromatic nitrogens is 2. The Kier molecular flexibility index (Phi) is 8.31. The van der Waals surface area contributed by atoms with Crippen LogP contribution >= 0.6 is 0 Å². The van der Waals surface area contributed by atoms with Crippen molar-refractivity contribution in [1.29, 1.82) is 0 Å². The van der Waals surface area contributed by atoms with Crippen LogP contribution in [0.25, 0.3) is 0 Å². The third-order valence-electron chi connectivity index (χ3n) is 2.38. The second-order valence-electron chi connectivity index (χ2n) is 4.38. The fourth-order valence-electron chi connectivity index (χ4n) is 1.48. The summed E-state index contributed by atoms with van der Waals surface area (Å²) >= 11 is 0. The molecule has 2 amide bonds. The summed E-state index contributed by atoms with van der Waals surface area (Å²) in [5.74, 6) is -0.860. The largest absolute Gasteiger partial charge is 0.417 e. The van der Waals surface area contributed by atoms with E-state index in [-0.39, 0.29) is 11.4 Å². The van der Waals surface area contributed by atoms with E-state index in [1.54, 1.807) is 18.2 Å². The molecular formula is C13H11F2N5O6S. The number of aryl methyl sites for hydroxylation is 1.